The molecule has 0 unspecified atom stereocenters. The second-order valence-electron chi connectivity index (χ2n) is 14.2. The molecule has 16 heteroatoms. The molecule has 2 heterocycles. The number of carbonyl (C=O) groups is 1. The molecule has 12 atom stereocenters. The van der Waals surface area contributed by atoms with Crippen molar-refractivity contribution in [3.63, 3.8) is 0 Å². The number of aliphatic hydroxyl groups excluding tert-OH is 5. The van der Waals surface area contributed by atoms with Crippen LogP contribution >= 0.6 is 0 Å². The van der Waals surface area contributed by atoms with E-state index >= 15 is 0 Å². The summed E-state index contributed by atoms with van der Waals surface area (Å²) in [6, 6.07) is 2.42. The van der Waals surface area contributed by atoms with E-state index in [2.05, 4.69) is 0 Å². The summed E-state index contributed by atoms with van der Waals surface area (Å²) in [7, 11) is 2.57. The molecule has 1 saturated carbocycles. The maximum Gasteiger partial charge on any atom is 0.338 e. The zero-order valence-corrected chi connectivity index (χ0v) is 28.7. The molecule has 1 aromatic carbocycles. The maximum atomic E-state index is 12.7. The molecule has 0 aromatic heterocycles. The molecule has 4 rings (SSSR count). The molecule has 2 saturated heterocycles. The van der Waals surface area contributed by atoms with Gasteiger partial charge in [0.2, 0.25) is 5.75 Å². The van der Waals surface area contributed by atoms with Crippen molar-refractivity contribution in [2.45, 2.75) is 120 Å². The molecule has 8 N–H and O–H groups in total. The van der Waals surface area contributed by atoms with Crippen molar-refractivity contribution in [1.82, 2.24) is 0 Å². The van der Waals surface area contributed by atoms with E-state index < -0.39 is 97.7 Å². The fourth-order valence-electron chi connectivity index (χ4n) is 6.99. The van der Waals surface area contributed by atoms with Crippen LogP contribution in [-0.4, -0.2) is 147 Å². The number of phenolic OH excluding ortho intramolecular Hbond substituents is 1. The van der Waals surface area contributed by atoms with Crippen LogP contribution in [0.2, 0.25) is 0 Å². The van der Waals surface area contributed by atoms with Gasteiger partial charge in [-0.3, -0.25) is 0 Å². The smallest absolute Gasteiger partial charge is 0.338 e. The fraction of sp³-hybridized carbons (Fsp3) is 0.788. The third-order valence-corrected chi connectivity index (χ3v) is 10.2. The van der Waals surface area contributed by atoms with Crippen molar-refractivity contribution in [2.75, 3.05) is 34.0 Å². The zero-order chi connectivity index (χ0) is 36.5. The van der Waals surface area contributed by atoms with Crippen molar-refractivity contribution < 1.29 is 78.8 Å². The molecule has 3 fully saturated rings. The summed E-state index contributed by atoms with van der Waals surface area (Å²) in [6.45, 7) is 5.80. The van der Waals surface area contributed by atoms with E-state index in [1.807, 2.05) is 20.8 Å². The van der Waals surface area contributed by atoms with Gasteiger partial charge < -0.3 is 74.0 Å². The van der Waals surface area contributed by atoms with Crippen molar-refractivity contribution in [3.8, 4) is 17.2 Å². The van der Waals surface area contributed by atoms with Gasteiger partial charge in [-0.05, 0) is 56.1 Å². The van der Waals surface area contributed by atoms with Crippen LogP contribution in [0.4, 0.5) is 0 Å². The van der Waals surface area contributed by atoms with Crippen LogP contribution in [0.15, 0.2) is 12.1 Å². The number of methoxy groups -OCH3 is 2. The lowest BCUT2D eigenvalue weighted by Gasteiger charge is -2.52. The van der Waals surface area contributed by atoms with Gasteiger partial charge >= 0.3 is 5.97 Å². The summed E-state index contributed by atoms with van der Waals surface area (Å²) in [5, 5.41) is 85.4. The van der Waals surface area contributed by atoms with Crippen molar-refractivity contribution >= 4 is 5.97 Å². The van der Waals surface area contributed by atoms with Crippen molar-refractivity contribution in [3.05, 3.63) is 17.7 Å². The van der Waals surface area contributed by atoms with Gasteiger partial charge in [0, 0.05) is 0 Å². The average molecular weight is 705 g/mol. The lowest BCUT2D eigenvalue weighted by molar-refractivity contribution is -0.318. The van der Waals surface area contributed by atoms with Crippen molar-refractivity contribution in [1.29, 1.82) is 0 Å². The van der Waals surface area contributed by atoms with Gasteiger partial charge in [-0.2, -0.15) is 0 Å². The molecule has 16 nitrogen and oxygen atoms in total. The summed E-state index contributed by atoms with van der Waals surface area (Å²) in [5.74, 6) is -1.51. The first-order chi connectivity index (χ1) is 22.9. The molecule has 1 aliphatic carbocycles. The van der Waals surface area contributed by atoms with Gasteiger partial charge in [0.25, 0.3) is 0 Å². The Bertz CT molecular complexity index is 1250. The third kappa shape index (κ3) is 8.25. The Hall–Kier alpha value is -2.35. The standard InChI is InChI=1S/C33H52O16/c1-16-9-19(34)12-31(3,4)33(16,42)8-7-17(2)48-29-26(38)25(37)24(36)22(49-29)13-45-30-27(39)32(41,15-47-30)14-46-28(40)18-10-20(43-5)23(35)21(11-18)44-6/h10-11,16-17,19,22,24-27,29-30,34-39,41-42H,7-9,12-15H2,1-6H3/t16-,17-,19+,22-,24-,25+,26-,27+,29-,30-,32-,33+/m1/s1. The van der Waals surface area contributed by atoms with Gasteiger partial charge in [0.15, 0.2) is 29.7 Å². The lowest BCUT2D eigenvalue weighted by Crippen LogP contribution is -2.60. The first-order valence-electron chi connectivity index (χ1n) is 16.4. The Morgan fingerprint density at radius 2 is 1.63 bits per heavy atom. The predicted octanol–water partition coefficient (Wildman–Crippen LogP) is -0.428. The number of rotatable bonds is 13. The van der Waals surface area contributed by atoms with Crippen LogP contribution in [0.5, 0.6) is 17.2 Å². The molecule has 0 bridgehead atoms. The Morgan fingerprint density at radius 3 is 2.22 bits per heavy atom. The number of aromatic hydroxyl groups is 1. The number of hydrogen-bond donors (Lipinski definition) is 8. The lowest BCUT2D eigenvalue weighted by atomic mass is 9.58. The normalized spacial score (nSPS) is 38.2. The number of hydrogen-bond acceptors (Lipinski definition) is 16. The molecule has 2 aliphatic heterocycles. The predicted molar refractivity (Wildman–Crippen MR) is 168 cm³/mol. The Balaban J connectivity index is 1.30. The number of phenols is 1. The molecule has 280 valence electrons. The molecule has 0 radical (unpaired) electrons. The van der Waals surface area contributed by atoms with Crippen molar-refractivity contribution in [2.24, 2.45) is 11.3 Å². The second kappa shape index (κ2) is 15.5. The summed E-state index contributed by atoms with van der Waals surface area (Å²) >= 11 is 0. The number of esters is 1. The monoisotopic (exact) mass is 704 g/mol. The minimum atomic E-state index is -2.08. The number of ether oxygens (including phenoxy) is 7. The van der Waals surface area contributed by atoms with E-state index in [-0.39, 0.29) is 28.7 Å². The first-order valence-corrected chi connectivity index (χ1v) is 16.4. The molecular formula is C33H52O16. The van der Waals surface area contributed by atoms with Gasteiger partial charge in [-0.15, -0.1) is 0 Å². The highest BCUT2D eigenvalue weighted by Gasteiger charge is 2.53. The van der Waals surface area contributed by atoms with Gasteiger partial charge in [-0.1, -0.05) is 20.8 Å². The van der Waals surface area contributed by atoms with Crippen LogP contribution in [0.25, 0.3) is 0 Å². The van der Waals surface area contributed by atoms with Crippen LogP contribution in [0.3, 0.4) is 0 Å². The van der Waals surface area contributed by atoms with E-state index in [4.69, 9.17) is 33.2 Å². The first kappa shape index (κ1) is 39.4. The molecule has 3 aliphatic rings. The topological polar surface area (TPSA) is 244 Å². The number of aliphatic hydroxyl groups is 7. The van der Waals surface area contributed by atoms with Gasteiger partial charge in [0.05, 0.1) is 50.8 Å². The highest BCUT2D eigenvalue weighted by molar-refractivity contribution is 5.91. The quantitative estimate of drug-likeness (QED) is 0.122. The van der Waals surface area contributed by atoms with E-state index in [1.54, 1.807) is 6.92 Å². The molecule has 1 aromatic rings. The van der Waals surface area contributed by atoms with Gasteiger partial charge in [-0.25, -0.2) is 4.79 Å². The number of carbonyl (C=O) groups excluding carboxylic acids is 1. The highest BCUT2D eigenvalue weighted by Crippen LogP contribution is 2.50. The van der Waals surface area contributed by atoms with Crippen LogP contribution in [0, 0.1) is 11.3 Å². The Morgan fingerprint density at radius 1 is 1.00 bits per heavy atom. The Kier molecular flexibility index (Phi) is 12.5. The minimum Gasteiger partial charge on any atom is -0.502 e. The van der Waals surface area contributed by atoms with E-state index in [1.165, 1.54) is 26.4 Å². The Labute approximate surface area is 285 Å². The molecule has 0 spiro atoms. The fourth-order valence-corrected chi connectivity index (χ4v) is 6.99. The van der Waals surface area contributed by atoms with E-state index in [0.29, 0.717) is 25.7 Å². The van der Waals surface area contributed by atoms with Crippen LogP contribution in [0.1, 0.15) is 63.7 Å². The van der Waals surface area contributed by atoms with Crippen LogP contribution < -0.4 is 9.47 Å². The largest absolute Gasteiger partial charge is 0.502 e. The summed E-state index contributed by atoms with van der Waals surface area (Å²) < 4.78 is 37.9. The van der Waals surface area contributed by atoms with Gasteiger partial charge in [0.1, 0.15) is 37.1 Å². The summed E-state index contributed by atoms with van der Waals surface area (Å²) in [5.41, 5.74) is -3.77. The summed E-state index contributed by atoms with van der Waals surface area (Å²) in [4.78, 5) is 12.7. The van der Waals surface area contributed by atoms with Crippen LogP contribution in [-0.2, 0) is 23.7 Å². The molecular weight excluding hydrogens is 652 g/mol. The van der Waals surface area contributed by atoms with E-state index in [9.17, 15) is 45.6 Å². The second-order valence-corrected chi connectivity index (χ2v) is 14.2. The average Bonchev–Trinajstić information content (AvgIpc) is 3.33. The summed E-state index contributed by atoms with van der Waals surface area (Å²) in [6.07, 6.45) is -10.1. The van der Waals surface area contributed by atoms with E-state index in [0.717, 1.165) is 0 Å². The minimum absolute atomic E-state index is 0.0484. The third-order valence-electron chi connectivity index (χ3n) is 10.2. The highest BCUT2D eigenvalue weighted by atomic mass is 16.7. The number of benzene rings is 1. The SMILES string of the molecule is COc1cc(C(=O)OC[C@@]2(O)CO[C@@H](OC[C@H]3O[C@@H](O[C@H](C)CC[C@]4(O)[C@H](C)C[C@H](O)CC4(C)C)[C@H](O)[C@@H](O)[C@@H]3O)[C@@H]2O)cc(OC)c1O. The maximum absolute atomic E-state index is 12.7. The zero-order valence-electron chi connectivity index (χ0n) is 28.7. The molecule has 0 amide bonds. The molecule has 49 heavy (non-hydrogen) atoms.